The van der Waals surface area contributed by atoms with E-state index in [1.807, 2.05) is 48.2 Å². The van der Waals surface area contributed by atoms with Crippen molar-refractivity contribution in [1.82, 2.24) is 4.90 Å². The van der Waals surface area contributed by atoms with Crippen molar-refractivity contribution in [1.29, 1.82) is 0 Å². The number of anilines is 1. The Balaban J connectivity index is 1.62. The molecule has 0 radical (unpaired) electrons. The van der Waals surface area contributed by atoms with E-state index in [2.05, 4.69) is 11.4 Å². The second-order valence-corrected chi connectivity index (χ2v) is 6.44. The molecule has 2 N–H and O–H groups in total. The number of carbonyl (C=O) groups is 2. The molecule has 3 rings (SSSR count). The first kappa shape index (κ1) is 16.5. The average molecular weight is 326 g/mol. The van der Waals surface area contributed by atoms with Gasteiger partial charge in [-0.2, -0.15) is 0 Å². The van der Waals surface area contributed by atoms with Gasteiger partial charge in [-0.1, -0.05) is 30.3 Å². The fourth-order valence-electron chi connectivity index (χ4n) is 3.24. The minimum absolute atomic E-state index is 0.0246. The van der Waals surface area contributed by atoms with E-state index in [4.69, 9.17) is 0 Å². The van der Waals surface area contributed by atoms with Crippen LogP contribution in [0.25, 0.3) is 10.8 Å². The fraction of sp³-hybridized carbons (Fsp3) is 0.368. The summed E-state index contributed by atoms with van der Waals surface area (Å²) in [4.78, 5) is 27.0. The molecular formula is C19H24N3O2+. The largest absolute Gasteiger partial charge is 0.332 e. The molecule has 126 valence electrons. The third-order valence-electron chi connectivity index (χ3n) is 4.87. The van der Waals surface area contributed by atoms with Gasteiger partial charge >= 0.3 is 0 Å². The van der Waals surface area contributed by atoms with Gasteiger partial charge in [-0.15, -0.1) is 0 Å². The molecule has 5 nitrogen and oxygen atoms in total. The van der Waals surface area contributed by atoms with Gasteiger partial charge in [0, 0.05) is 12.6 Å². The molecule has 1 saturated heterocycles. The monoisotopic (exact) mass is 326 g/mol. The van der Waals surface area contributed by atoms with Crippen LogP contribution in [0.3, 0.4) is 0 Å². The molecule has 2 aromatic rings. The molecule has 0 unspecified atom stereocenters. The van der Waals surface area contributed by atoms with Crippen LogP contribution in [-0.2, 0) is 9.59 Å². The second kappa shape index (κ2) is 7.01. The molecule has 2 amide bonds. The third-order valence-corrected chi connectivity index (χ3v) is 4.87. The van der Waals surface area contributed by atoms with Crippen molar-refractivity contribution in [2.24, 2.45) is 0 Å². The zero-order valence-electron chi connectivity index (χ0n) is 14.2. The van der Waals surface area contributed by atoms with Crippen LogP contribution in [0.4, 0.5) is 5.69 Å². The number of benzene rings is 2. The molecular weight excluding hydrogens is 302 g/mol. The second-order valence-electron chi connectivity index (χ2n) is 6.44. The van der Waals surface area contributed by atoms with Gasteiger partial charge in [-0.25, -0.2) is 0 Å². The van der Waals surface area contributed by atoms with Gasteiger partial charge in [-0.3, -0.25) is 9.59 Å². The van der Waals surface area contributed by atoms with E-state index in [-0.39, 0.29) is 17.9 Å². The van der Waals surface area contributed by atoms with E-state index < -0.39 is 0 Å². The molecule has 0 bridgehead atoms. The van der Waals surface area contributed by atoms with Crippen molar-refractivity contribution in [3.8, 4) is 0 Å². The van der Waals surface area contributed by atoms with Crippen molar-refractivity contribution < 1.29 is 14.5 Å². The first-order valence-electron chi connectivity index (χ1n) is 8.44. The Hall–Kier alpha value is -2.40. The number of carbonyl (C=O) groups excluding carboxylic acids is 2. The number of rotatable bonds is 3. The van der Waals surface area contributed by atoms with Crippen LogP contribution in [0.5, 0.6) is 0 Å². The molecule has 1 heterocycles. The lowest BCUT2D eigenvalue weighted by molar-refractivity contribution is -0.917. The number of hydrogen-bond acceptors (Lipinski definition) is 2. The number of amides is 2. The summed E-state index contributed by atoms with van der Waals surface area (Å²) < 4.78 is 0. The summed E-state index contributed by atoms with van der Waals surface area (Å²) in [6.45, 7) is 6.62. The Morgan fingerprint density at radius 3 is 2.42 bits per heavy atom. The van der Waals surface area contributed by atoms with Crippen molar-refractivity contribution in [3.05, 3.63) is 42.5 Å². The van der Waals surface area contributed by atoms with E-state index in [0.29, 0.717) is 0 Å². The smallest absolute Gasteiger partial charge is 0.282 e. The van der Waals surface area contributed by atoms with Crippen LogP contribution in [0.1, 0.15) is 13.8 Å². The molecule has 0 spiro atoms. The Morgan fingerprint density at radius 2 is 1.75 bits per heavy atom. The summed E-state index contributed by atoms with van der Waals surface area (Å²) >= 11 is 0. The highest BCUT2D eigenvalue weighted by molar-refractivity contribution is 5.96. The van der Waals surface area contributed by atoms with Crippen LogP contribution < -0.4 is 10.2 Å². The zero-order valence-corrected chi connectivity index (χ0v) is 14.2. The van der Waals surface area contributed by atoms with Crippen molar-refractivity contribution in [3.63, 3.8) is 0 Å². The van der Waals surface area contributed by atoms with Crippen LogP contribution in [0, 0.1) is 0 Å². The van der Waals surface area contributed by atoms with Gasteiger partial charge in [0.05, 0.1) is 26.2 Å². The first-order valence-corrected chi connectivity index (χ1v) is 8.44. The van der Waals surface area contributed by atoms with E-state index in [9.17, 15) is 9.59 Å². The summed E-state index contributed by atoms with van der Waals surface area (Å²) in [5.41, 5.74) is 0.826. The van der Waals surface area contributed by atoms with Crippen molar-refractivity contribution in [2.45, 2.75) is 19.9 Å². The van der Waals surface area contributed by atoms with Gasteiger partial charge < -0.3 is 15.1 Å². The van der Waals surface area contributed by atoms with Gasteiger partial charge in [0.2, 0.25) is 5.91 Å². The molecule has 1 fully saturated rings. The maximum atomic E-state index is 12.6. The van der Waals surface area contributed by atoms with Crippen LogP contribution >= 0.6 is 0 Å². The zero-order chi connectivity index (χ0) is 17.1. The van der Waals surface area contributed by atoms with Crippen LogP contribution in [0.15, 0.2) is 42.5 Å². The average Bonchev–Trinajstić information content (AvgIpc) is 2.61. The Kier molecular flexibility index (Phi) is 4.81. The highest BCUT2D eigenvalue weighted by atomic mass is 16.2. The normalized spacial score (nSPS) is 16.8. The minimum atomic E-state index is -0.134. The standard InChI is InChI=1S/C19H23N3O2/c1-14(21-9-11-22(12-10-21)15(2)23)19(24)20-18-8-7-16-5-3-4-6-17(16)13-18/h3-8,13-14H,9-12H2,1-2H3,(H,20,24)/p+1/t14-/m0/s1. The molecule has 1 aliphatic rings. The minimum Gasteiger partial charge on any atom is -0.332 e. The van der Waals surface area contributed by atoms with Crippen LogP contribution in [-0.4, -0.2) is 48.9 Å². The number of quaternary nitrogens is 1. The van der Waals surface area contributed by atoms with E-state index in [1.165, 1.54) is 4.90 Å². The Bertz CT molecular complexity index is 751. The summed E-state index contributed by atoms with van der Waals surface area (Å²) in [7, 11) is 0. The molecule has 24 heavy (non-hydrogen) atoms. The topological polar surface area (TPSA) is 53.9 Å². The van der Waals surface area contributed by atoms with Gasteiger partial charge in [0.1, 0.15) is 0 Å². The summed E-state index contributed by atoms with van der Waals surface area (Å²) in [6, 6.07) is 13.9. The van der Waals surface area contributed by atoms with E-state index in [1.54, 1.807) is 6.92 Å². The summed E-state index contributed by atoms with van der Waals surface area (Å²) in [5, 5.41) is 5.30. The maximum Gasteiger partial charge on any atom is 0.282 e. The summed E-state index contributed by atoms with van der Waals surface area (Å²) in [6.07, 6.45) is 0. The highest BCUT2D eigenvalue weighted by Gasteiger charge is 2.29. The summed E-state index contributed by atoms with van der Waals surface area (Å²) in [5.74, 6) is 0.138. The van der Waals surface area contributed by atoms with Crippen molar-refractivity contribution >= 4 is 28.3 Å². The first-order chi connectivity index (χ1) is 11.5. The maximum absolute atomic E-state index is 12.6. The third kappa shape index (κ3) is 3.57. The fourth-order valence-corrected chi connectivity index (χ4v) is 3.24. The number of nitrogens with one attached hydrogen (secondary N) is 2. The predicted octanol–water partition coefficient (Wildman–Crippen LogP) is 0.914. The molecule has 1 atom stereocenters. The number of hydrogen-bond donors (Lipinski definition) is 2. The van der Waals surface area contributed by atoms with Crippen molar-refractivity contribution in [2.75, 3.05) is 31.5 Å². The quantitative estimate of drug-likeness (QED) is 0.881. The van der Waals surface area contributed by atoms with Crippen LogP contribution in [0.2, 0.25) is 0 Å². The van der Waals surface area contributed by atoms with Gasteiger partial charge in [0.15, 0.2) is 6.04 Å². The number of fused-ring (bicyclic) bond motifs is 1. The predicted molar refractivity (Wildman–Crippen MR) is 95.0 cm³/mol. The lowest BCUT2D eigenvalue weighted by Gasteiger charge is -2.34. The SMILES string of the molecule is CC(=O)N1CC[NH+]([C@@H](C)C(=O)Nc2ccc3ccccc3c2)CC1. The Morgan fingerprint density at radius 1 is 1.08 bits per heavy atom. The molecule has 0 aromatic heterocycles. The number of nitrogens with zero attached hydrogens (tertiary/aromatic N) is 1. The van der Waals surface area contributed by atoms with E-state index in [0.717, 1.165) is 42.6 Å². The molecule has 0 aliphatic carbocycles. The molecule has 0 saturated carbocycles. The molecule has 2 aromatic carbocycles. The number of piperazine rings is 1. The Labute approximate surface area is 142 Å². The van der Waals surface area contributed by atoms with Gasteiger partial charge in [0.25, 0.3) is 5.91 Å². The highest BCUT2D eigenvalue weighted by Crippen LogP contribution is 2.18. The van der Waals surface area contributed by atoms with E-state index >= 15 is 0 Å². The lowest BCUT2D eigenvalue weighted by Crippen LogP contribution is -3.19. The lowest BCUT2D eigenvalue weighted by atomic mass is 10.1. The molecule has 1 aliphatic heterocycles. The molecule has 5 heteroatoms. The van der Waals surface area contributed by atoms with Gasteiger partial charge in [-0.05, 0) is 29.8 Å².